The molecule has 0 radical (unpaired) electrons. The van der Waals surface area contributed by atoms with Crippen LogP contribution in [0.4, 0.5) is 0 Å². The van der Waals surface area contributed by atoms with Crippen LogP contribution in [0.3, 0.4) is 0 Å². The zero-order valence-electron chi connectivity index (χ0n) is 64.2. The number of morpholine rings is 1. The SMILES string of the molecule is CCC(=O)N(C)[C@H](C(=O)C[C@H](C(=O)N(C)[C@@H](CC(C)C)C(=O)C[C@@H](C)C(=O)N[C@H](C)C(=O)N(C)[C@@H](CC(C)C)C(=O)N(C)[C@@H](CC(C)C)C(=O)N(C)[C@H](C(=O)N1O[C@H]([C@H](C)CCCC(=O)OC)[C@H]1C(=O)N[C@@H](CC)C(=O)N(C)C)C(C)C)C(C)C)[C@@H](C)OCCCCN1CCOCC1. The van der Waals surface area contributed by atoms with Crippen molar-refractivity contribution in [2.24, 2.45) is 47.3 Å². The molecule has 2 fully saturated rings. The van der Waals surface area contributed by atoms with Crippen molar-refractivity contribution in [1.82, 2.24) is 50.0 Å². The van der Waals surface area contributed by atoms with Crippen molar-refractivity contribution in [1.29, 1.82) is 0 Å². The van der Waals surface area contributed by atoms with Gasteiger partial charge in [-0.2, -0.15) is 0 Å². The van der Waals surface area contributed by atoms with Crippen molar-refractivity contribution < 1.29 is 76.6 Å². The Morgan fingerprint density at radius 3 is 1.60 bits per heavy atom. The van der Waals surface area contributed by atoms with E-state index in [2.05, 4.69) is 15.5 Å². The van der Waals surface area contributed by atoms with Crippen LogP contribution in [-0.2, 0) is 76.6 Å². The van der Waals surface area contributed by atoms with Gasteiger partial charge in [-0.15, -0.1) is 0 Å². The minimum atomic E-state index is -1.22. The molecule has 2 aliphatic heterocycles. The number of nitrogens with zero attached hydrogens (tertiary/aromatic N) is 8. The number of ketones is 2. The summed E-state index contributed by atoms with van der Waals surface area (Å²) in [5.41, 5.74) is 0. The predicted molar refractivity (Wildman–Crippen MR) is 374 cm³/mol. The summed E-state index contributed by atoms with van der Waals surface area (Å²) < 4.78 is 16.5. The van der Waals surface area contributed by atoms with Crippen molar-refractivity contribution in [2.45, 2.75) is 248 Å². The van der Waals surface area contributed by atoms with Crippen LogP contribution in [0.5, 0.6) is 0 Å². The van der Waals surface area contributed by atoms with Crippen LogP contribution in [0.15, 0.2) is 0 Å². The van der Waals surface area contributed by atoms with Crippen molar-refractivity contribution >= 4 is 70.7 Å². The highest BCUT2D eigenvalue weighted by Gasteiger charge is 2.54. The normalized spacial score (nSPS) is 18.4. The standard InChI is InChI=1S/C72H128N10O16/c1-25-53(69(91)75(17)18)74-66(88)63-64(48(13)30-29-31-60(86)95-24)98-82(63)72(94)61(47(11)12)80(23)71(93)56(40-45(7)8)78(21)70(92)55(39-44(5)6)77(20)67(89)50(15)73-65(87)49(14)41-57(83)54(38-43(3)4)76(19)68(90)52(46(9)10)42-58(84)62(79(22)59(85)26-2)51(16)97-35-28-27-32-81-33-36-96-37-34-81/h43-56,61-64H,25-42H2,1-24H3,(H,73,87)(H,74,88)/t48-,49-,50-,51-,52+,53+,54+,55+,56+,61+,62+,63+,64-/m1/s1. The molecule has 2 rings (SSSR count). The Balaban J connectivity index is 2.38. The van der Waals surface area contributed by atoms with E-state index in [4.69, 9.17) is 19.0 Å². The number of esters is 1. The first-order valence-corrected chi connectivity index (χ1v) is 35.9. The Morgan fingerprint density at radius 1 is 0.571 bits per heavy atom. The number of carbonyl (C=O) groups is 12. The molecule has 98 heavy (non-hydrogen) atoms. The molecule has 2 aliphatic rings. The third-order valence-corrected chi connectivity index (χ3v) is 19.2. The lowest BCUT2D eigenvalue weighted by Crippen LogP contribution is -2.71. The first-order valence-electron chi connectivity index (χ1n) is 35.9. The van der Waals surface area contributed by atoms with E-state index in [0.29, 0.717) is 32.7 Å². The maximum absolute atomic E-state index is 15.1. The topological polar surface area (TPSA) is 292 Å². The van der Waals surface area contributed by atoms with E-state index in [0.717, 1.165) is 37.5 Å². The number of unbranched alkanes of at least 4 members (excludes halogenated alkanes) is 1. The molecule has 0 aromatic carbocycles. The van der Waals surface area contributed by atoms with Gasteiger partial charge in [0.1, 0.15) is 42.4 Å². The Labute approximate surface area is 586 Å². The van der Waals surface area contributed by atoms with Crippen molar-refractivity contribution in [3.05, 3.63) is 0 Å². The van der Waals surface area contributed by atoms with Gasteiger partial charge >= 0.3 is 5.97 Å². The first-order chi connectivity index (χ1) is 45.7. The summed E-state index contributed by atoms with van der Waals surface area (Å²) in [7, 11) is 11.9. The number of Topliss-reactive ketones (excluding diaryl/α,β-unsaturated/α-hetero) is 2. The van der Waals surface area contributed by atoms with Crippen LogP contribution in [-0.4, -0.2) is 267 Å². The summed E-state index contributed by atoms with van der Waals surface area (Å²) >= 11 is 0. The second-order valence-electron chi connectivity index (χ2n) is 29.6. The third kappa shape index (κ3) is 25.8. The highest BCUT2D eigenvalue weighted by molar-refractivity contribution is 5.99. The summed E-state index contributed by atoms with van der Waals surface area (Å²) in [6.07, 6.45) is 1.63. The number of ether oxygens (including phenoxy) is 3. The second kappa shape index (κ2) is 42.2. The highest BCUT2D eigenvalue weighted by Crippen LogP contribution is 2.35. The monoisotopic (exact) mass is 1390 g/mol. The van der Waals surface area contributed by atoms with Crippen molar-refractivity contribution in [3.63, 3.8) is 0 Å². The number of methoxy groups -OCH3 is 1. The molecule has 0 aliphatic carbocycles. The van der Waals surface area contributed by atoms with E-state index in [1.807, 2.05) is 62.3 Å². The van der Waals surface area contributed by atoms with Gasteiger partial charge in [0.15, 0.2) is 17.6 Å². The van der Waals surface area contributed by atoms with E-state index in [-0.39, 0.29) is 104 Å². The lowest BCUT2D eigenvalue weighted by atomic mass is 9.85. The molecule has 0 unspecified atom stereocenters. The molecule has 0 saturated carbocycles. The molecule has 26 heteroatoms. The zero-order valence-corrected chi connectivity index (χ0v) is 64.2. The fraction of sp³-hybridized carbons (Fsp3) is 0.833. The van der Waals surface area contributed by atoms with Crippen LogP contribution in [0.1, 0.15) is 188 Å². The summed E-state index contributed by atoms with van der Waals surface area (Å²) in [4.78, 5) is 186. The van der Waals surface area contributed by atoms with E-state index in [9.17, 15) is 47.9 Å². The van der Waals surface area contributed by atoms with Gasteiger partial charge in [0, 0.05) is 107 Å². The number of carbonyl (C=O) groups excluding carboxylic acids is 12. The summed E-state index contributed by atoms with van der Waals surface area (Å²) in [5.74, 6) is -9.31. The molecule has 0 spiro atoms. The molecule has 2 saturated heterocycles. The number of hydrogen-bond acceptors (Lipinski definition) is 17. The second-order valence-corrected chi connectivity index (χ2v) is 29.6. The van der Waals surface area contributed by atoms with Crippen LogP contribution in [0.2, 0.25) is 0 Å². The molecule has 0 aromatic heterocycles. The van der Waals surface area contributed by atoms with Crippen molar-refractivity contribution in [2.75, 3.05) is 95.9 Å². The van der Waals surface area contributed by atoms with E-state index in [1.54, 1.807) is 62.7 Å². The Bertz CT molecular complexity index is 2630. The number of rotatable bonds is 43. The zero-order chi connectivity index (χ0) is 74.9. The number of likely N-dealkylation sites (N-methyl/N-ethyl adjacent to an activating group) is 6. The fourth-order valence-corrected chi connectivity index (χ4v) is 13.0. The van der Waals surface area contributed by atoms with Gasteiger partial charge in [-0.25, -0.2) is 5.06 Å². The lowest BCUT2D eigenvalue weighted by Gasteiger charge is -2.50. The van der Waals surface area contributed by atoms with Gasteiger partial charge in [-0.3, -0.25) is 67.3 Å². The van der Waals surface area contributed by atoms with E-state index < -0.39 is 126 Å². The molecule has 562 valence electrons. The molecular formula is C72H128N10O16. The molecule has 13 atom stereocenters. The van der Waals surface area contributed by atoms with Crippen LogP contribution < -0.4 is 10.6 Å². The van der Waals surface area contributed by atoms with Crippen molar-refractivity contribution in [3.8, 4) is 0 Å². The Hall–Kier alpha value is -6.12. The van der Waals surface area contributed by atoms with Gasteiger partial charge in [0.05, 0.1) is 32.5 Å². The summed E-state index contributed by atoms with van der Waals surface area (Å²) in [6.45, 7) is 33.1. The van der Waals surface area contributed by atoms with Gasteiger partial charge < -0.3 is 54.2 Å². The molecule has 9 amide bonds. The van der Waals surface area contributed by atoms with E-state index >= 15 is 9.59 Å². The summed E-state index contributed by atoms with van der Waals surface area (Å²) in [5, 5.41) is 6.53. The largest absolute Gasteiger partial charge is 0.469 e. The molecule has 0 bridgehead atoms. The summed E-state index contributed by atoms with van der Waals surface area (Å²) in [6, 6.07) is -8.75. The minimum absolute atomic E-state index is 0.0648. The van der Waals surface area contributed by atoms with E-state index in [1.165, 1.54) is 71.6 Å². The van der Waals surface area contributed by atoms with Crippen LogP contribution >= 0.6 is 0 Å². The van der Waals surface area contributed by atoms with Crippen LogP contribution in [0.25, 0.3) is 0 Å². The highest BCUT2D eigenvalue weighted by atomic mass is 16.7. The maximum atomic E-state index is 15.1. The first kappa shape index (κ1) is 88.0. The van der Waals surface area contributed by atoms with Gasteiger partial charge in [0.2, 0.25) is 47.3 Å². The fourth-order valence-electron chi connectivity index (χ4n) is 13.0. The molecule has 0 aromatic rings. The average molecular weight is 1390 g/mol. The third-order valence-electron chi connectivity index (χ3n) is 19.2. The number of hydrogen-bond donors (Lipinski definition) is 2. The van der Waals surface area contributed by atoms with Gasteiger partial charge in [-0.1, -0.05) is 96.9 Å². The molecule has 2 N–H and O–H groups in total. The molecule has 2 heterocycles. The molecular weight excluding hydrogens is 1260 g/mol. The molecule has 26 nitrogen and oxygen atoms in total. The van der Waals surface area contributed by atoms with Gasteiger partial charge in [0.25, 0.3) is 5.91 Å². The lowest BCUT2D eigenvalue weighted by molar-refractivity contribution is -0.322. The predicted octanol–water partition coefficient (Wildman–Crippen LogP) is 5.65. The number of hydroxylamine groups is 2. The maximum Gasteiger partial charge on any atom is 0.305 e. The smallest absolute Gasteiger partial charge is 0.305 e. The minimum Gasteiger partial charge on any atom is -0.469 e. The van der Waals surface area contributed by atoms with Gasteiger partial charge in [-0.05, 0) is 107 Å². The average Bonchev–Trinajstić information content (AvgIpc) is 0.789. The Morgan fingerprint density at radius 2 is 1.10 bits per heavy atom. The number of amides is 9. The Kier molecular flexibility index (Phi) is 37.9. The quantitative estimate of drug-likeness (QED) is 0.0551. The van der Waals surface area contributed by atoms with Crippen LogP contribution in [0, 0.1) is 47.3 Å². The number of nitrogens with one attached hydrogen (secondary N) is 2.